The van der Waals surface area contributed by atoms with Gasteiger partial charge in [-0.3, -0.25) is 4.79 Å². The number of hydrogen-bond donors (Lipinski definition) is 3. The molecule has 2 rings (SSSR count). The van der Waals surface area contributed by atoms with E-state index in [2.05, 4.69) is 26.2 Å². The second kappa shape index (κ2) is 5.87. The number of nitrogens with one attached hydrogen (secondary N) is 1. The minimum Gasteiger partial charge on any atom is -0.397 e. The van der Waals surface area contributed by atoms with Crippen LogP contribution < -0.4 is 16.8 Å². The van der Waals surface area contributed by atoms with Crippen LogP contribution in [0.25, 0.3) is 0 Å². The lowest BCUT2D eigenvalue weighted by Crippen LogP contribution is -2.14. The molecule has 0 atom stereocenters. The highest BCUT2D eigenvalue weighted by molar-refractivity contribution is 9.10. The molecule has 0 aliphatic heterocycles. The Hall–Kier alpha value is -1.50. The summed E-state index contributed by atoms with van der Waals surface area (Å²) in [5.41, 5.74) is 11.8. The van der Waals surface area contributed by atoms with E-state index in [-0.39, 0.29) is 11.3 Å². The van der Waals surface area contributed by atoms with Gasteiger partial charge in [-0.2, -0.15) is 0 Å². The fraction of sp³-hybridized carbons (Fsp3) is 0. The number of primary amides is 1. The van der Waals surface area contributed by atoms with Crippen LogP contribution in [0.3, 0.4) is 0 Å². The van der Waals surface area contributed by atoms with Gasteiger partial charge in [0.05, 0.1) is 33.2 Å². The molecule has 0 bridgehead atoms. The van der Waals surface area contributed by atoms with E-state index in [9.17, 15) is 4.79 Å². The van der Waals surface area contributed by atoms with Crippen LogP contribution in [0.5, 0.6) is 0 Å². The molecule has 5 N–H and O–H groups in total. The molecular formula is C12H9BrCl2N4O. The van der Waals surface area contributed by atoms with Crippen molar-refractivity contribution < 1.29 is 4.79 Å². The zero-order valence-electron chi connectivity index (χ0n) is 9.95. The summed E-state index contributed by atoms with van der Waals surface area (Å²) in [6.45, 7) is 0. The molecule has 1 aromatic heterocycles. The van der Waals surface area contributed by atoms with Crippen LogP contribution in [0, 0.1) is 0 Å². The molecule has 1 aromatic carbocycles. The number of nitrogens with two attached hydrogens (primary N) is 2. The van der Waals surface area contributed by atoms with Gasteiger partial charge in [-0.05, 0) is 34.1 Å². The maximum absolute atomic E-state index is 11.2. The van der Waals surface area contributed by atoms with Crippen LogP contribution in [0.2, 0.25) is 10.0 Å². The highest BCUT2D eigenvalue weighted by Crippen LogP contribution is 2.37. The van der Waals surface area contributed by atoms with Crippen molar-refractivity contribution in [1.82, 2.24) is 4.98 Å². The lowest BCUT2D eigenvalue weighted by Gasteiger charge is -2.11. The minimum absolute atomic E-state index is 0.182. The summed E-state index contributed by atoms with van der Waals surface area (Å²) in [6.07, 6.45) is 1.34. The molecule has 104 valence electrons. The van der Waals surface area contributed by atoms with E-state index in [1.807, 2.05) is 0 Å². The molecule has 1 heterocycles. The van der Waals surface area contributed by atoms with Gasteiger partial charge in [0.1, 0.15) is 5.82 Å². The summed E-state index contributed by atoms with van der Waals surface area (Å²) in [6, 6.07) is 4.91. The third kappa shape index (κ3) is 2.98. The predicted molar refractivity (Wildman–Crippen MR) is 84.6 cm³/mol. The Labute approximate surface area is 133 Å². The summed E-state index contributed by atoms with van der Waals surface area (Å²) < 4.78 is 0.679. The van der Waals surface area contributed by atoms with Crippen molar-refractivity contribution in [2.75, 3.05) is 11.1 Å². The van der Waals surface area contributed by atoms with Crippen LogP contribution in [0.4, 0.5) is 17.2 Å². The minimum atomic E-state index is -0.632. The van der Waals surface area contributed by atoms with E-state index in [0.29, 0.717) is 26.0 Å². The maximum Gasteiger partial charge on any atom is 0.250 e. The summed E-state index contributed by atoms with van der Waals surface area (Å²) in [7, 11) is 0. The Morgan fingerprint density at radius 2 is 2.00 bits per heavy atom. The summed E-state index contributed by atoms with van der Waals surface area (Å²) >= 11 is 15.4. The first-order valence-corrected chi connectivity index (χ1v) is 6.91. The van der Waals surface area contributed by atoms with Crippen LogP contribution in [0.1, 0.15) is 10.4 Å². The number of aromatic nitrogens is 1. The quantitative estimate of drug-likeness (QED) is 0.714. The number of pyridine rings is 1. The van der Waals surface area contributed by atoms with Crippen molar-refractivity contribution in [3.8, 4) is 0 Å². The Morgan fingerprint density at radius 3 is 2.65 bits per heavy atom. The Bertz CT molecular complexity index is 693. The van der Waals surface area contributed by atoms with Gasteiger partial charge >= 0.3 is 0 Å². The first-order valence-electron chi connectivity index (χ1n) is 5.36. The molecule has 0 spiro atoms. The highest BCUT2D eigenvalue weighted by atomic mass is 79.9. The lowest BCUT2D eigenvalue weighted by molar-refractivity contribution is 0.100. The van der Waals surface area contributed by atoms with E-state index in [0.717, 1.165) is 0 Å². The van der Waals surface area contributed by atoms with Crippen LogP contribution in [-0.4, -0.2) is 10.9 Å². The number of carbonyl (C=O) groups is 1. The maximum atomic E-state index is 11.2. The average Bonchev–Trinajstić information content (AvgIpc) is 2.41. The summed E-state index contributed by atoms with van der Waals surface area (Å²) in [5, 5.41) is 3.66. The second-order valence-corrected chi connectivity index (χ2v) is 5.48. The number of carbonyl (C=O) groups excluding carboxylic acids is 1. The van der Waals surface area contributed by atoms with E-state index in [4.69, 9.17) is 34.7 Å². The first-order chi connectivity index (χ1) is 9.40. The summed E-state index contributed by atoms with van der Waals surface area (Å²) in [4.78, 5) is 15.3. The number of hydrogen-bond acceptors (Lipinski definition) is 4. The van der Waals surface area contributed by atoms with Crippen LogP contribution in [0.15, 0.2) is 28.9 Å². The zero-order valence-corrected chi connectivity index (χ0v) is 13.1. The molecule has 8 heteroatoms. The molecule has 0 saturated heterocycles. The van der Waals surface area contributed by atoms with Crippen molar-refractivity contribution in [2.45, 2.75) is 0 Å². The van der Waals surface area contributed by atoms with Gasteiger partial charge in [0.15, 0.2) is 0 Å². The lowest BCUT2D eigenvalue weighted by atomic mass is 10.2. The van der Waals surface area contributed by atoms with Gasteiger partial charge in [0, 0.05) is 4.47 Å². The molecular weight excluding hydrogens is 367 g/mol. The fourth-order valence-electron chi connectivity index (χ4n) is 1.51. The smallest absolute Gasteiger partial charge is 0.250 e. The van der Waals surface area contributed by atoms with Crippen LogP contribution in [-0.2, 0) is 0 Å². The van der Waals surface area contributed by atoms with Crippen molar-refractivity contribution in [1.29, 1.82) is 0 Å². The SMILES string of the molecule is NC(=O)c1cc(Nc2ccc(Br)c(Cl)c2Cl)ncc1N. The van der Waals surface area contributed by atoms with Crippen molar-refractivity contribution in [3.63, 3.8) is 0 Å². The van der Waals surface area contributed by atoms with Crippen molar-refractivity contribution >= 4 is 62.2 Å². The standard InChI is InChI=1S/C12H9BrCl2N4O/c13-6-1-2-8(11(15)10(6)14)19-9-3-5(12(17)20)7(16)4-18-9/h1-4H,16H2,(H2,17,20)(H,18,19). The highest BCUT2D eigenvalue weighted by Gasteiger charge is 2.11. The number of amides is 1. The normalized spacial score (nSPS) is 10.3. The number of nitrogens with zero attached hydrogens (tertiary/aromatic N) is 1. The number of anilines is 3. The topological polar surface area (TPSA) is 94.0 Å². The molecule has 2 aromatic rings. The third-order valence-electron chi connectivity index (χ3n) is 2.50. The van der Waals surface area contributed by atoms with Gasteiger partial charge in [0.25, 0.3) is 5.91 Å². The van der Waals surface area contributed by atoms with Gasteiger partial charge in [-0.25, -0.2) is 4.98 Å². The molecule has 0 saturated carbocycles. The van der Waals surface area contributed by atoms with Gasteiger partial charge in [-0.1, -0.05) is 23.2 Å². The fourth-order valence-corrected chi connectivity index (χ4v) is 2.33. The van der Waals surface area contributed by atoms with Gasteiger partial charge < -0.3 is 16.8 Å². The molecule has 0 fully saturated rings. The molecule has 5 nitrogen and oxygen atoms in total. The van der Waals surface area contributed by atoms with Crippen molar-refractivity contribution in [3.05, 3.63) is 44.5 Å². The Morgan fingerprint density at radius 1 is 1.30 bits per heavy atom. The third-order valence-corrected chi connectivity index (χ3v) is 4.27. The second-order valence-electron chi connectivity index (χ2n) is 3.87. The molecule has 20 heavy (non-hydrogen) atoms. The van der Waals surface area contributed by atoms with Gasteiger partial charge in [-0.15, -0.1) is 0 Å². The number of halogens is 3. The molecule has 0 aliphatic rings. The molecule has 0 aliphatic carbocycles. The van der Waals surface area contributed by atoms with E-state index in [1.54, 1.807) is 12.1 Å². The number of rotatable bonds is 3. The van der Waals surface area contributed by atoms with Crippen LogP contribution >= 0.6 is 39.1 Å². The first kappa shape index (κ1) is 14.9. The monoisotopic (exact) mass is 374 g/mol. The molecule has 1 amide bonds. The van der Waals surface area contributed by atoms with E-state index >= 15 is 0 Å². The largest absolute Gasteiger partial charge is 0.397 e. The average molecular weight is 376 g/mol. The van der Waals surface area contributed by atoms with Crippen molar-refractivity contribution in [2.24, 2.45) is 5.73 Å². The van der Waals surface area contributed by atoms with E-state index in [1.165, 1.54) is 12.3 Å². The number of nitrogen functional groups attached to an aromatic ring is 1. The molecule has 0 unspecified atom stereocenters. The Kier molecular flexibility index (Phi) is 4.37. The zero-order chi connectivity index (χ0) is 14.9. The summed E-state index contributed by atoms with van der Waals surface area (Å²) in [5.74, 6) is -0.249. The van der Waals surface area contributed by atoms with Gasteiger partial charge in [0.2, 0.25) is 0 Å². The number of benzene rings is 1. The predicted octanol–water partition coefficient (Wildman–Crippen LogP) is 3.58. The molecule has 0 radical (unpaired) electrons. The van der Waals surface area contributed by atoms with E-state index < -0.39 is 5.91 Å². The Balaban J connectivity index is 2.38.